The number of nitro groups is 1. The summed E-state index contributed by atoms with van der Waals surface area (Å²) in [5, 5.41) is 19.2. The van der Waals surface area contributed by atoms with Crippen molar-refractivity contribution in [3.8, 4) is 17.2 Å². The fourth-order valence-electron chi connectivity index (χ4n) is 2.72. The third-order valence-electron chi connectivity index (χ3n) is 4.34. The lowest BCUT2D eigenvalue weighted by atomic mass is 10.2. The minimum Gasteiger partial charge on any atom is -0.493 e. The molecule has 10 heteroatoms. The van der Waals surface area contributed by atoms with E-state index in [0.717, 1.165) is 11.3 Å². The summed E-state index contributed by atoms with van der Waals surface area (Å²) in [6.45, 7) is 3.88. The number of nitrogens with zero attached hydrogens (tertiary/aromatic N) is 3. The first-order chi connectivity index (χ1) is 14.8. The van der Waals surface area contributed by atoms with Gasteiger partial charge in [0, 0.05) is 29.1 Å². The van der Waals surface area contributed by atoms with E-state index in [0.29, 0.717) is 23.6 Å². The lowest BCUT2D eigenvalue weighted by molar-refractivity contribution is -0.384. The van der Waals surface area contributed by atoms with Gasteiger partial charge in [-0.25, -0.2) is 0 Å². The normalized spacial score (nSPS) is 11.7. The monoisotopic (exact) mass is 445 g/mol. The van der Waals surface area contributed by atoms with Crippen LogP contribution in [-0.4, -0.2) is 27.7 Å². The van der Waals surface area contributed by atoms with E-state index in [1.165, 1.54) is 24.3 Å². The molecule has 0 saturated heterocycles. The van der Waals surface area contributed by atoms with E-state index >= 15 is 0 Å². The van der Waals surface area contributed by atoms with Gasteiger partial charge in [0.2, 0.25) is 5.89 Å². The Morgan fingerprint density at radius 3 is 2.65 bits per heavy atom. The molecule has 0 bridgehead atoms. The maximum Gasteiger partial charge on any atom is 0.306 e. The van der Waals surface area contributed by atoms with E-state index in [1.807, 2.05) is 13.0 Å². The van der Waals surface area contributed by atoms with Crippen LogP contribution in [0.1, 0.15) is 37.3 Å². The highest BCUT2D eigenvalue weighted by Gasteiger charge is 2.19. The molecule has 2 aromatic carbocycles. The van der Waals surface area contributed by atoms with Crippen molar-refractivity contribution in [2.24, 2.45) is 0 Å². The van der Waals surface area contributed by atoms with Crippen LogP contribution in [0.3, 0.4) is 0 Å². The lowest BCUT2D eigenvalue weighted by Crippen LogP contribution is -2.10. The summed E-state index contributed by atoms with van der Waals surface area (Å²) in [4.78, 5) is 22.3. The summed E-state index contributed by atoms with van der Waals surface area (Å²) in [5.74, 6) is 0.615. The number of aromatic nitrogens is 2. The van der Waals surface area contributed by atoms with Crippen LogP contribution in [0.15, 0.2) is 46.9 Å². The fraction of sp³-hybridized carbons (Fsp3) is 0.286. The highest BCUT2D eigenvalue weighted by atomic mass is 35.5. The van der Waals surface area contributed by atoms with E-state index in [-0.39, 0.29) is 23.9 Å². The number of aryl methyl sites for hydroxylation is 1. The second-order valence-corrected chi connectivity index (χ2v) is 7.18. The minimum atomic E-state index is -0.730. The molecule has 0 spiro atoms. The van der Waals surface area contributed by atoms with Crippen molar-refractivity contribution in [1.82, 2.24) is 10.2 Å². The third kappa shape index (κ3) is 6.02. The Bertz CT molecular complexity index is 1070. The molecule has 0 radical (unpaired) electrons. The second-order valence-electron chi connectivity index (χ2n) is 6.74. The van der Waals surface area contributed by atoms with E-state index in [1.54, 1.807) is 19.1 Å². The summed E-state index contributed by atoms with van der Waals surface area (Å²) < 4.78 is 16.5. The van der Waals surface area contributed by atoms with E-state index in [4.69, 9.17) is 25.5 Å². The average molecular weight is 446 g/mol. The molecule has 31 heavy (non-hydrogen) atoms. The maximum absolute atomic E-state index is 12.1. The van der Waals surface area contributed by atoms with Crippen molar-refractivity contribution in [2.45, 2.75) is 32.8 Å². The molecule has 0 aliphatic carbocycles. The van der Waals surface area contributed by atoms with Gasteiger partial charge in [-0.3, -0.25) is 14.9 Å². The number of carbonyl (C=O) groups is 1. The summed E-state index contributed by atoms with van der Waals surface area (Å²) in [6.07, 6.45) is -0.0857. The van der Waals surface area contributed by atoms with Gasteiger partial charge >= 0.3 is 5.97 Å². The Morgan fingerprint density at radius 2 is 1.97 bits per heavy atom. The highest BCUT2D eigenvalue weighted by Crippen LogP contribution is 2.25. The number of non-ortho nitro benzene ring substituents is 1. The van der Waals surface area contributed by atoms with Gasteiger partial charge in [0.15, 0.2) is 6.10 Å². The molecule has 0 amide bonds. The van der Waals surface area contributed by atoms with E-state index < -0.39 is 17.0 Å². The van der Waals surface area contributed by atoms with Gasteiger partial charge in [0.25, 0.3) is 11.6 Å². The number of rotatable bonds is 9. The molecule has 0 aliphatic heterocycles. The van der Waals surface area contributed by atoms with Crippen molar-refractivity contribution < 1.29 is 23.6 Å². The molecule has 1 atom stereocenters. The topological polar surface area (TPSA) is 118 Å². The molecule has 162 valence electrons. The van der Waals surface area contributed by atoms with E-state index in [9.17, 15) is 14.9 Å². The van der Waals surface area contributed by atoms with Crippen LogP contribution < -0.4 is 4.74 Å². The van der Waals surface area contributed by atoms with Crippen molar-refractivity contribution in [2.75, 3.05) is 6.61 Å². The molecule has 1 aromatic heterocycles. The molecular formula is C21H20ClN3O6. The van der Waals surface area contributed by atoms with Crippen molar-refractivity contribution in [3.63, 3.8) is 0 Å². The first-order valence-corrected chi connectivity index (χ1v) is 9.88. The largest absolute Gasteiger partial charge is 0.493 e. The molecule has 0 N–H and O–H groups in total. The molecule has 3 rings (SSSR count). The molecule has 9 nitrogen and oxygen atoms in total. The summed E-state index contributed by atoms with van der Waals surface area (Å²) >= 11 is 5.91. The molecule has 3 aromatic rings. The zero-order valence-electron chi connectivity index (χ0n) is 16.9. The molecule has 0 saturated carbocycles. The number of halogens is 1. The molecule has 0 fully saturated rings. The fourth-order valence-corrected chi connectivity index (χ4v) is 2.95. The quantitative estimate of drug-likeness (QED) is 0.194. The SMILES string of the molecule is Cc1cc(Cl)ccc1OCCCC(=O)OC(C)c1nnc(-c2ccc([N+](=O)[O-])cc2)o1. The number of nitro benzene ring substituents is 1. The average Bonchev–Trinajstić information content (AvgIpc) is 3.23. The van der Waals surface area contributed by atoms with Crippen LogP contribution in [0.5, 0.6) is 5.75 Å². The Morgan fingerprint density at radius 1 is 1.23 bits per heavy atom. The number of esters is 1. The van der Waals surface area contributed by atoms with Crippen LogP contribution in [0.4, 0.5) is 5.69 Å². The van der Waals surface area contributed by atoms with Crippen LogP contribution in [0.2, 0.25) is 5.02 Å². The number of carbonyl (C=O) groups excluding carboxylic acids is 1. The number of hydrogen-bond acceptors (Lipinski definition) is 8. The van der Waals surface area contributed by atoms with Gasteiger partial charge in [-0.1, -0.05) is 11.6 Å². The van der Waals surface area contributed by atoms with Gasteiger partial charge in [-0.05, 0) is 56.2 Å². The molecular weight excluding hydrogens is 426 g/mol. The maximum atomic E-state index is 12.1. The van der Waals surface area contributed by atoms with Gasteiger partial charge in [0.1, 0.15) is 5.75 Å². The smallest absolute Gasteiger partial charge is 0.306 e. The lowest BCUT2D eigenvalue weighted by Gasteiger charge is -2.11. The van der Waals surface area contributed by atoms with Crippen molar-refractivity contribution in [1.29, 1.82) is 0 Å². The second kappa shape index (κ2) is 10.0. The van der Waals surface area contributed by atoms with Crippen LogP contribution >= 0.6 is 11.6 Å². The van der Waals surface area contributed by atoms with Gasteiger partial charge in [-0.15, -0.1) is 10.2 Å². The zero-order valence-corrected chi connectivity index (χ0v) is 17.7. The number of ether oxygens (including phenoxy) is 2. The summed E-state index contributed by atoms with van der Waals surface area (Å²) in [5.41, 5.74) is 1.41. The molecule has 1 unspecified atom stereocenters. The molecule has 0 aliphatic rings. The number of hydrogen-bond donors (Lipinski definition) is 0. The first kappa shape index (κ1) is 22.2. The standard InChI is InChI=1S/C21H20ClN3O6/c1-13-12-16(22)7-10-18(13)29-11-3-4-19(26)30-14(2)20-23-24-21(31-20)15-5-8-17(9-6-15)25(27)28/h5-10,12,14H,3-4,11H2,1-2H3. The van der Waals surface area contributed by atoms with Crippen LogP contribution in [0, 0.1) is 17.0 Å². The Kier molecular flexibility index (Phi) is 7.19. The van der Waals surface area contributed by atoms with Crippen LogP contribution in [-0.2, 0) is 9.53 Å². The summed E-state index contributed by atoms with van der Waals surface area (Å²) in [6, 6.07) is 11.0. The zero-order chi connectivity index (χ0) is 22.4. The number of benzene rings is 2. The third-order valence-corrected chi connectivity index (χ3v) is 4.58. The van der Waals surface area contributed by atoms with E-state index in [2.05, 4.69) is 10.2 Å². The first-order valence-electron chi connectivity index (χ1n) is 9.50. The minimum absolute atomic E-state index is 0.0408. The van der Waals surface area contributed by atoms with Crippen molar-refractivity contribution >= 4 is 23.3 Å². The summed E-state index contributed by atoms with van der Waals surface area (Å²) in [7, 11) is 0. The van der Waals surface area contributed by atoms with Gasteiger partial charge in [-0.2, -0.15) is 0 Å². The Hall–Kier alpha value is -3.46. The molecule has 1 heterocycles. The van der Waals surface area contributed by atoms with Gasteiger partial charge in [0.05, 0.1) is 11.5 Å². The Balaban J connectivity index is 1.47. The predicted molar refractivity (Wildman–Crippen MR) is 112 cm³/mol. The highest BCUT2D eigenvalue weighted by molar-refractivity contribution is 6.30. The van der Waals surface area contributed by atoms with Crippen LogP contribution in [0.25, 0.3) is 11.5 Å². The van der Waals surface area contributed by atoms with Gasteiger partial charge < -0.3 is 13.9 Å². The van der Waals surface area contributed by atoms with Crippen molar-refractivity contribution in [3.05, 3.63) is 69.1 Å². The predicted octanol–water partition coefficient (Wildman–Crippen LogP) is 5.07. The Labute approximate surface area is 183 Å².